The van der Waals surface area contributed by atoms with Crippen molar-refractivity contribution in [3.05, 3.63) is 162 Å². The zero-order valence-electron chi connectivity index (χ0n) is 67.6. The molecule has 29 heteroatoms. The van der Waals surface area contributed by atoms with Crippen LogP contribution in [0.1, 0.15) is 170 Å². The molecule has 8 heterocycles. The molecule has 10 aliphatic rings. The predicted molar refractivity (Wildman–Crippen MR) is 434 cm³/mol. The molecule has 0 bridgehead atoms. The van der Waals surface area contributed by atoms with E-state index in [9.17, 15) is 47.9 Å². The van der Waals surface area contributed by atoms with E-state index in [1.165, 1.54) is 47.3 Å². The van der Waals surface area contributed by atoms with Gasteiger partial charge in [0.05, 0.1) is 127 Å². The first-order valence-corrected chi connectivity index (χ1v) is 39.4. The highest BCUT2D eigenvalue weighted by atomic mass is 16.7. The number of ether oxygens (including phenoxy) is 17. The number of ketones is 2. The lowest BCUT2D eigenvalue weighted by molar-refractivity contribution is -0.161. The molecule has 119 heavy (non-hydrogen) atoms. The predicted octanol–water partition coefficient (Wildman–Crippen LogP) is 12.5. The Hall–Kier alpha value is -9.40. The van der Waals surface area contributed by atoms with Gasteiger partial charge in [-0.15, -0.1) is 0 Å². The molecule has 656 valence electrons. The highest BCUT2D eigenvalue weighted by Gasteiger charge is 2.51. The first kappa shape index (κ1) is 100. The van der Waals surface area contributed by atoms with Crippen molar-refractivity contribution in [1.82, 2.24) is 0 Å². The SMILES string of the molecule is C.C.C.CC.CC(=O)C1CCC(C(=O)Oc2ccccc2)CC1.CC(=O)Oc1ccccc1.CC(=O)c1ccc(C(=O)Oc2ccccc2)cc1.COC(=O)C1CCC(C(=O)OC2COC3C(C)COC23)CC1.COC(=O)OC1COC2C(C)COC12.COC(=O)c1ccc(C(=O)OC2COC3C(C)COC23)cc1.OC1COC2C(O)COC12. The lowest BCUT2D eigenvalue weighted by Crippen LogP contribution is -2.36. The maximum atomic E-state index is 12.3. The molecule has 5 aromatic rings. The second-order valence-electron chi connectivity index (χ2n) is 29.3. The normalized spacial score (nSPS) is 28.2. The maximum Gasteiger partial charge on any atom is 0.508 e. The number of fused-ring (bicyclic) bond motifs is 4. The van der Waals surface area contributed by atoms with Gasteiger partial charge in [-0.1, -0.05) is 124 Å². The molecule has 0 spiro atoms. The van der Waals surface area contributed by atoms with Gasteiger partial charge in [-0.05, 0) is 138 Å². The fourth-order valence-corrected chi connectivity index (χ4v) is 14.5. The van der Waals surface area contributed by atoms with Crippen LogP contribution in [0.5, 0.6) is 17.2 Å². The van der Waals surface area contributed by atoms with Gasteiger partial charge < -0.3 is 90.7 Å². The van der Waals surface area contributed by atoms with Crippen LogP contribution >= 0.6 is 0 Å². The van der Waals surface area contributed by atoms with Crippen molar-refractivity contribution in [3.63, 3.8) is 0 Å². The molecule has 15 rings (SSSR count). The molecule has 16 atom stereocenters. The highest BCUT2D eigenvalue weighted by Crippen LogP contribution is 2.38. The van der Waals surface area contributed by atoms with Crippen LogP contribution in [0.15, 0.2) is 140 Å². The smallest absolute Gasteiger partial charge is 0.469 e. The van der Waals surface area contributed by atoms with Crippen LogP contribution in [0.4, 0.5) is 4.79 Å². The van der Waals surface area contributed by atoms with Crippen molar-refractivity contribution in [3.8, 4) is 17.2 Å². The number of para-hydroxylation sites is 3. The Kier molecular flexibility index (Phi) is 42.6. The van der Waals surface area contributed by atoms with Gasteiger partial charge >= 0.3 is 47.9 Å². The Balaban J connectivity index is 0.000000249. The van der Waals surface area contributed by atoms with E-state index in [-0.39, 0.29) is 162 Å². The summed E-state index contributed by atoms with van der Waals surface area (Å²) in [7, 11) is 4.00. The van der Waals surface area contributed by atoms with Crippen LogP contribution in [-0.2, 0) is 90.3 Å². The molecule has 0 radical (unpaired) electrons. The summed E-state index contributed by atoms with van der Waals surface area (Å²) in [4.78, 5) is 115. The molecule has 0 aromatic heterocycles. The summed E-state index contributed by atoms with van der Waals surface area (Å²) < 4.78 is 89.0. The number of hydrogen-bond acceptors (Lipinski definition) is 29. The lowest BCUT2D eigenvalue weighted by atomic mass is 9.80. The molecule has 0 amide bonds. The minimum atomic E-state index is -0.678. The van der Waals surface area contributed by atoms with Crippen molar-refractivity contribution in [2.75, 3.05) is 74.2 Å². The maximum absolute atomic E-state index is 12.3. The fraction of sp³-hybridized carbons (Fsp3) is 0.556. The summed E-state index contributed by atoms with van der Waals surface area (Å²) in [6.07, 6.45) is 2.17. The van der Waals surface area contributed by atoms with E-state index >= 15 is 0 Å². The average Bonchev–Trinajstić information content (AvgIpc) is 1.67. The molecule has 2 saturated carbocycles. The number of Topliss-reactive ketones (excluding diaryl/α,β-unsaturated/α-hetero) is 2. The molecule has 2 aliphatic carbocycles. The van der Waals surface area contributed by atoms with Gasteiger partial charge in [0.2, 0.25) is 0 Å². The molecular formula is C90H122O29. The van der Waals surface area contributed by atoms with E-state index in [1.54, 1.807) is 91.9 Å². The van der Waals surface area contributed by atoms with Crippen molar-refractivity contribution in [1.29, 1.82) is 0 Å². The summed E-state index contributed by atoms with van der Waals surface area (Å²) in [5, 5.41) is 18.3. The van der Waals surface area contributed by atoms with Crippen LogP contribution in [0.25, 0.3) is 0 Å². The number of aliphatic hydroxyl groups is 2. The number of rotatable bonds is 14. The summed E-state index contributed by atoms with van der Waals surface area (Å²) in [5.41, 5.74) is 1.76. The van der Waals surface area contributed by atoms with Gasteiger partial charge in [-0.3, -0.25) is 28.8 Å². The molecule has 10 fully saturated rings. The van der Waals surface area contributed by atoms with Gasteiger partial charge in [0, 0.05) is 36.2 Å². The molecule has 16 unspecified atom stereocenters. The second-order valence-corrected chi connectivity index (χ2v) is 29.3. The average molecular weight is 1670 g/mol. The molecule has 8 saturated heterocycles. The number of benzene rings is 5. The van der Waals surface area contributed by atoms with E-state index in [0.717, 1.165) is 25.7 Å². The van der Waals surface area contributed by atoms with Crippen molar-refractivity contribution >= 4 is 59.5 Å². The third kappa shape index (κ3) is 29.5. The molecule has 2 N–H and O–H groups in total. The Morgan fingerprint density at radius 2 is 0.647 bits per heavy atom. The third-order valence-electron chi connectivity index (χ3n) is 20.9. The third-order valence-corrected chi connectivity index (χ3v) is 20.9. The standard InChI is InChI=1S/C16H24O6.C16H18O6.C15H18O3.C15H12O3.C9H14O5.C8H8O2.C6H10O4.C2H6.3CH4/c2*1-9-7-20-14-12(8-21-13(9)14)22-16(18)11-5-3-10(4-6-11)15(17)19-2;2*1-11(16)12-7-9-13(10-8-12)15(17)18-14-5-3-2-4-6-14;1-5-3-12-8-6(4-13-7(5)8)14-9(10)11-2;1-7(9)10-8-5-3-2-4-6-8;7-3-1-9-6-4(8)2-10-5(3)6;1-2;;;/h9-14H,3-8H2,1-2H3;3-6,9,12-14H,7-8H2,1-2H3;2-6,12-13H,7-10H2,1H3;2-10H,1H3;5-8H,3-4H2,1-2H3;2-6H,1H3;3-8H,1-2H2;1-2H3;3*1H4. The summed E-state index contributed by atoms with van der Waals surface area (Å²) >= 11 is 0. The number of esters is 7. The number of hydrogen-bond donors (Lipinski definition) is 2. The number of aliphatic hydroxyl groups excluding tert-OH is 2. The second kappa shape index (κ2) is 50.6. The largest absolute Gasteiger partial charge is 0.508 e. The highest BCUT2D eigenvalue weighted by molar-refractivity contribution is 5.96. The van der Waals surface area contributed by atoms with E-state index in [0.29, 0.717) is 123 Å². The van der Waals surface area contributed by atoms with Crippen LogP contribution in [-0.4, -0.2) is 223 Å². The van der Waals surface area contributed by atoms with E-state index in [4.69, 9.17) is 81.3 Å². The van der Waals surface area contributed by atoms with Crippen LogP contribution in [0.2, 0.25) is 0 Å². The fourth-order valence-electron chi connectivity index (χ4n) is 14.5. The van der Waals surface area contributed by atoms with Gasteiger partial charge in [-0.25, -0.2) is 19.2 Å². The van der Waals surface area contributed by atoms with E-state index in [1.807, 2.05) is 56.3 Å². The topological polar surface area (TPSA) is 368 Å². The minimum Gasteiger partial charge on any atom is -0.469 e. The quantitative estimate of drug-likeness (QED) is 0.0451. The van der Waals surface area contributed by atoms with E-state index in [2.05, 4.69) is 30.2 Å². The van der Waals surface area contributed by atoms with Crippen LogP contribution < -0.4 is 14.2 Å². The zero-order valence-corrected chi connectivity index (χ0v) is 67.6. The zero-order chi connectivity index (χ0) is 84.0. The van der Waals surface area contributed by atoms with E-state index < -0.39 is 36.3 Å². The minimum absolute atomic E-state index is 0. The molecule has 29 nitrogen and oxygen atoms in total. The number of carbonyl (C=O) groups excluding carboxylic acids is 10. The van der Waals surface area contributed by atoms with Gasteiger partial charge in [0.1, 0.15) is 65.8 Å². The Bertz CT molecular complexity index is 3910. The summed E-state index contributed by atoms with van der Waals surface area (Å²) in [6.45, 7) is 18.4. The Labute approximate surface area is 698 Å². The van der Waals surface area contributed by atoms with Crippen molar-refractivity contribution in [2.24, 2.45) is 41.4 Å². The molecule has 8 aliphatic heterocycles. The van der Waals surface area contributed by atoms with Crippen molar-refractivity contribution < 1.29 is 139 Å². The van der Waals surface area contributed by atoms with Crippen LogP contribution in [0.3, 0.4) is 0 Å². The molecule has 5 aromatic carbocycles. The monoisotopic (exact) mass is 1670 g/mol. The first-order valence-electron chi connectivity index (χ1n) is 39.4. The van der Waals surface area contributed by atoms with Gasteiger partial charge in [0.25, 0.3) is 0 Å². The summed E-state index contributed by atoms with van der Waals surface area (Å²) in [5.74, 6) is 0.682. The van der Waals surface area contributed by atoms with Crippen molar-refractivity contribution in [2.45, 2.75) is 208 Å². The summed E-state index contributed by atoms with van der Waals surface area (Å²) in [6, 6.07) is 39.5. The first-order chi connectivity index (χ1) is 55.8. The lowest BCUT2D eigenvalue weighted by Gasteiger charge is -2.27. The number of methoxy groups -OCH3 is 3. The van der Waals surface area contributed by atoms with Gasteiger partial charge in [0.15, 0.2) is 24.1 Å². The Morgan fingerprint density at radius 1 is 0.319 bits per heavy atom. The van der Waals surface area contributed by atoms with Crippen LogP contribution in [0, 0.1) is 41.4 Å². The van der Waals surface area contributed by atoms with Gasteiger partial charge in [-0.2, -0.15) is 0 Å². The molecular weight excluding hydrogens is 1540 g/mol. The Morgan fingerprint density at radius 3 is 1.03 bits per heavy atom. The number of carbonyl (C=O) groups is 10.